The highest BCUT2D eigenvalue weighted by molar-refractivity contribution is 6.31. The van der Waals surface area contributed by atoms with Crippen molar-refractivity contribution in [3.63, 3.8) is 0 Å². The van der Waals surface area contributed by atoms with Crippen molar-refractivity contribution in [3.8, 4) is 0 Å². The van der Waals surface area contributed by atoms with Crippen molar-refractivity contribution in [2.75, 3.05) is 0 Å². The largest absolute Gasteiger partial charge is 0.378 e. The van der Waals surface area contributed by atoms with Crippen LogP contribution in [0, 0.1) is 5.82 Å². The highest BCUT2D eigenvalue weighted by Gasteiger charge is 2.36. The summed E-state index contributed by atoms with van der Waals surface area (Å²) in [4.78, 5) is 3.89. The van der Waals surface area contributed by atoms with Crippen molar-refractivity contribution in [1.82, 2.24) is 14.8 Å². The molecule has 0 fully saturated rings. The lowest BCUT2D eigenvalue weighted by Crippen LogP contribution is -2.33. The molecule has 1 aromatic heterocycles. The topological polar surface area (TPSA) is 50.9 Å². The zero-order valence-electron chi connectivity index (χ0n) is 12.7. The van der Waals surface area contributed by atoms with E-state index < -0.39 is 5.60 Å². The van der Waals surface area contributed by atoms with E-state index in [-0.39, 0.29) is 12.4 Å². The molecule has 1 N–H and O–H groups in total. The molecular formula is C18H15ClFN3O. The summed E-state index contributed by atoms with van der Waals surface area (Å²) in [6.45, 7) is 4.11. The summed E-state index contributed by atoms with van der Waals surface area (Å²) in [5.74, 6) is -0.357. The average Bonchev–Trinajstić information content (AvgIpc) is 3.08. The Balaban J connectivity index is 2.09. The first kappa shape index (κ1) is 16.4. The van der Waals surface area contributed by atoms with Gasteiger partial charge in [-0.05, 0) is 29.3 Å². The van der Waals surface area contributed by atoms with Crippen LogP contribution in [0.1, 0.15) is 11.1 Å². The quantitative estimate of drug-likeness (QED) is 0.769. The minimum absolute atomic E-state index is 0.0763. The molecule has 0 aliphatic rings. The number of hydrogen-bond donors (Lipinski definition) is 1. The number of nitrogens with zero attached hydrogens (tertiary/aromatic N) is 3. The number of rotatable bonds is 5. The molecule has 0 aliphatic heterocycles. The van der Waals surface area contributed by atoms with Gasteiger partial charge in [0.05, 0.1) is 6.54 Å². The Kier molecular flexibility index (Phi) is 4.46. The Morgan fingerprint density at radius 2 is 1.92 bits per heavy atom. The van der Waals surface area contributed by atoms with Gasteiger partial charge in [-0.1, -0.05) is 48.5 Å². The molecule has 0 radical (unpaired) electrons. The van der Waals surface area contributed by atoms with Crippen molar-refractivity contribution in [1.29, 1.82) is 0 Å². The van der Waals surface area contributed by atoms with Gasteiger partial charge in [0, 0.05) is 10.6 Å². The first-order valence-corrected chi connectivity index (χ1v) is 7.63. The highest BCUT2D eigenvalue weighted by atomic mass is 35.5. The Labute approximate surface area is 143 Å². The van der Waals surface area contributed by atoms with E-state index in [0.717, 1.165) is 0 Å². The number of aliphatic hydroxyl groups is 1. The second-order valence-electron chi connectivity index (χ2n) is 5.42. The van der Waals surface area contributed by atoms with Gasteiger partial charge in [-0.15, -0.1) is 0 Å². The van der Waals surface area contributed by atoms with Crippen LogP contribution in [0.15, 0.2) is 67.8 Å². The van der Waals surface area contributed by atoms with Crippen LogP contribution in [0.5, 0.6) is 0 Å². The summed E-state index contributed by atoms with van der Waals surface area (Å²) >= 11 is 6.30. The lowest BCUT2D eigenvalue weighted by atomic mass is 9.83. The van der Waals surface area contributed by atoms with Crippen LogP contribution in [-0.2, 0) is 12.1 Å². The van der Waals surface area contributed by atoms with E-state index in [1.54, 1.807) is 36.4 Å². The monoisotopic (exact) mass is 343 g/mol. The maximum Gasteiger partial charge on any atom is 0.137 e. The van der Waals surface area contributed by atoms with Crippen LogP contribution in [0.25, 0.3) is 5.57 Å². The van der Waals surface area contributed by atoms with Crippen LogP contribution in [-0.4, -0.2) is 19.9 Å². The van der Waals surface area contributed by atoms with Crippen LogP contribution >= 0.6 is 11.6 Å². The third-order valence-corrected chi connectivity index (χ3v) is 4.20. The molecule has 1 unspecified atom stereocenters. The molecule has 0 saturated heterocycles. The molecule has 2 aromatic carbocycles. The maximum absolute atomic E-state index is 13.2. The molecule has 122 valence electrons. The van der Waals surface area contributed by atoms with E-state index >= 15 is 0 Å². The predicted octanol–water partition coefficient (Wildman–Crippen LogP) is 3.67. The molecule has 0 spiro atoms. The van der Waals surface area contributed by atoms with Crippen molar-refractivity contribution < 1.29 is 9.50 Å². The summed E-state index contributed by atoms with van der Waals surface area (Å²) in [5, 5.41) is 15.9. The molecule has 1 atom stereocenters. The Morgan fingerprint density at radius 3 is 2.54 bits per heavy atom. The molecule has 0 amide bonds. The fourth-order valence-electron chi connectivity index (χ4n) is 2.58. The Hall–Kier alpha value is -2.50. The third-order valence-electron chi connectivity index (χ3n) is 3.87. The summed E-state index contributed by atoms with van der Waals surface area (Å²) < 4.78 is 14.7. The summed E-state index contributed by atoms with van der Waals surface area (Å²) in [6.07, 6.45) is 2.88. The Morgan fingerprint density at radius 1 is 1.21 bits per heavy atom. The second kappa shape index (κ2) is 6.55. The van der Waals surface area contributed by atoms with Crippen LogP contribution in [0.3, 0.4) is 0 Å². The van der Waals surface area contributed by atoms with Gasteiger partial charge >= 0.3 is 0 Å². The standard InChI is InChI=1S/C18H15ClFN3O/c1-13(14-6-8-15(20)9-7-14)18(24,10-23-12-21-11-22-23)16-4-2-3-5-17(16)19/h2-9,11-12,24H,1,10H2. The molecule has 0 saturated carbocycles. The Bertz CT molecular complexity index is 849. The normalized spacial score (nSPS) is 13.5. The minimum Gasteiger partial charge on any atom is -0.378 e. The van der Waals surface area contributed by atoms with Crippen molar-refractivity contribution in [2.24, 2.45) is 0 Å². The zero-order chi connectivity index (χ0) is 17.2. The van der Waals surface area contributed by atoms with Gasteiger partial charge in [0.15, 0.2) is 0 Å². The number of halogens is 2. The molecule has 3 rings (SSSR count). The second-order valence-corrected chi connectivity index (χ2v) is 5.83. The van der Waals surface area contributed by atoms with Gasteiger partial charge in [-0.2, -0.15) is 5.10 Å². The van der Waals surface area contributed by atoms with Gasteiger partial charge in [-0.25, -0.2) is 14.1 Å². The van der Waals surface area contributed by atoms with E-state index in [1.165, 1.54) is 29.5 Å². The van der Waals surface area contributed by atoms with Gasteiger partial charge in [0.25, 0.3) is 0 Å². The van der Waals surface area contributed by atoms with Crippen LogP contribution in [0.4, 0.5) is 4.39 Å². The molecule has 6 heteroatoms. The summed E-state index contributed by atoms with van der Waals surface area (Å²) in [5.41, 5.74) is -0.0225. The lowest BCUT2D eigenvalue weighted by molar-refractivity contribution is 0.0767. The molecule has 24 heavy (non-hydrogen) atoms. The van der Waals surface area contributed by atoms with Gasteiger partial charge in [0.1, 0.15) is 24.1 Å². The first-order valence-electron chi connectivity index (χ1n) is 7.26. The van der Waals surface area contributed by atoms with E-state index in [4.69, 9.17) is 11.6 Å². The minimum atomic E-state index is -1.52. The lowest BCUT2D eigenvalue weighted by Gasteiger charge is -2.31. The van der Waals surface area contributed by atoms with Crippen molar-refractivity contribution >= 4 is 17.2 Å². The third kappa shape index (κ3) is 3.09. The first-order chi connectivity index (χ1) is 11.5. The molecule has 1 heterocycles. The van der Waals surface area contributed by atoms with Crippen LogP contribution in [0.2, 0.25) is 5.02 Å². The maximum atomic E-state index is 13.2. The molecular weight excluding hydrogens is 329 g/mol. The van der Waals surface area contributed by atoms with E-state index in [2.05, 4.69) is 16.7 Å². The molecule has 0 aliphatic carbocycles. The van der Waals surface area contributed by atoms with E-state index in [9.17, 15) is 9.50 Å². The predicted molar refractivity (Wildman–Crippen MR) is 90.8 cm³/mol. The molecule has 3 aromatic rings. The summed E-state index contributed by atoms with van der Waals surface area (Å²) in [7, 11) is 0. The highest BCUT2D eigenvalue weighted by Crippen LogP contribution is 2.39. The van der Waals surface area contributed by atoms with Gasteiger partial charge < -0.3 is 5.11 Å². The van der Waals surface area contributed by atoms with Gasteiger partial charge in [0.2, 0.25) is 0 Å². The average molecular weight is 344 g/mol. The number of benzene rings is 2. The van der Waals surface area contributed by atoms with Crippen LogP contribution < -0.4 is 0 Å². The smallest absolute Gasteiger partial charge is 0.137 e. The molecule has 0 bridgehead atoms. The number of hydrogen-bond acceptors (Lipinski definition) is 3. The number of aromatic nitrogens is 3. The van der Waals surface area contributed by atoms with Crippen molar-refractivity contribution in [3.05, 3.63) is 89.7 Å². The van der Waals surface area contributed by atoms with Crippen molar-refractivity contribution in [2.45, 2.75) is 12.1 Å². The SMILES string of the molecule is C=C(c1ccc(F)cc1)C(O)(Cn1cncn1)c1ccccc1Cl. The molecule has 4 nitrogen and oxygen atoms in total. The van der Waals surface area contributed by atoms with E-state index in [0.29, 0.717) is 21.7 Å². The van der Waals surface area contributed by atoms with E-state index in [1.807, 2.05) is 0 Å². The zero-order valence-corrected chi connectivity index (χ0v) is 13.5. The fourth-order valence-corrected chi connectivity index (χ4v) is 2.87. The fraction of sp³-hybridized carbons (Fsp3) is 0.111. The van der Waals surface area contributed by atoms with Gasteiger partial charge in [-0.3, -0.25) is 0 Å². The summed E-state index contributed by atoms with van der Waals surface area (Å²) in [6, 6.07) is 12.8.